The van der Waals surface area contributed by atoms with Crippen molar-refractivity contribution < 1.29 is 22.7 Å². The standard InChI is InChI=1S/C29H33N3O5S2/c1-4-22-10-15-26-27(20-22)38-29(30-26)32(21-23-8-6-5-7-9-23)28(33)24-11-13-25(14-12-24)39(34,35)31(16-18-36-2)17-19-37-3/h5-15,20H,4,16-19,21H2,1-3H3. The Hall–Kier alpha value is -3.15. The Labute approximate surface area is 233 Å². The van der Waals surface area contributed by atoms with Crippen molar-refractivity contribution in [1.29, 1.82) is 0 Å². The fourth-order valence-corrected chi connectivity index (χ4v) is 6.53. The Balaban J connectivity index is 1.65. The lowest BCUT2D eigenvalue weighted by Crippen LogP contribution is -2.36. The van der Waals surface area contributed by atoms with Gasteiger partial charge in [-0.3, -0.25) is 9.69 Å². The van der Waals surface area contributed by atoms with Gasteiger partial charge < -0.3 is 9.47 Å². The molecule has 39 heavy (non-hydrogen) atoms. The van der Waals surface area contributed by atoms with E-state index in [1.807, 2.05) is 36.4 Å². The Kier molecular flexibility index (Phi) is 9.82. The number of fused-ring (bicyclic) bond motifs is 1. The monoisotopic (exact) mass is 567 g/mol. The molecule has 0 aliphatic rings. The molecule has 206 valence electrons. The molecule has 0 spiro atoms. The maximum atomic E-state index is 13.8. The molecule has 0 saturated carbocycles. The molecule has 1 heterocycles. The van der Waals surface area contributed by atoms with Crippen molar-refractivity contribution in [3.05, 3.63) is 89.5 Å². The van der Waals surface area contributed by atoms with Gasteiger partial charge in [0.2, 0.25) is 10.0 Å². The van der Waals surface area contributed by atoms with E-state index in [0.717, 1.165) is 22.2 Å². The van der Waals surface area contributed by atoms with E-state index in [4.69, 9.17) is 14.5 Å². The Bertz CT molecular complexity index is 1480. The van der Waals surface area contributed by atoms with Gasteiger partial charge in [-0.25, -0.2) is 13.4 Å². The van der Waals surface area contributed by atoms with Crippen LogP contribution in [-0.2, 0) is 32.5 Å². The molecule has 4 aromatic rings. The highest BCUT2D eigenvalue weighted by atomic mass is 32.2. The van der Waals surface area contributed by atoms with E-state index in [9.17, 15) is 13.2 Å². The van der Waals surface area contributed by atoms with Crippen molar-refractivity contribution in [3.8, 4) is 0 Å². The molecular formula is C29H33N3O5S2. The van der Waals surface area contributed by atoms with Gasteiger partial charge in [0.15, 0.2) is 5.13 Å². The summed E-state index contributed by atoms with van der Waals surface area (Å²) in [4.78, 5) is 20.3. The number of aromatic nitrogens is 1. The minimum absolute atomic E-state index is 0.105. The summed E-state index contributed by atoms with van der Waals surface area (Å²) in [7, 11) is -0.745. The number of hydrogen-bond donors (Lipinski definition) is 0. The second-order valence-electron chi connectivity index (χ2n) is 8.94. The number of carbonyl (C=O) groups is 1. The first-order valence-corrected chi connectivity index (χ1v) is 15.0. The Morgan fingerprint density at radius 3 is 2.18 bits per heavy atom. The molecule has 1 aromatic heterocycles. The Morgan fingerprint density at radius 2 is 1.56 bits per heavy atom. The first-order valence-electron chi connectivity index (χ1n) is 12.7. The second kappa shape index (κ2) is 13.3. The zero-order valence-electron chi connectivity index (χ0n) is 22.4. The third-order valence-electron chi connectivity index (χ3n) is 6.34. The van der Waals surface area contributed by atoms with Crippen LogP contribution in [0.5, 0.6) is 0 Å². The van der Waals surface area contributed by atoms with E-state index in [0.29, 0.717) is 17.2 Å². The van der Waals surface area contributed by atoms with E-state index in [1.165, 1.54) is 47.6 Å². The molecule has 10 heteroatoms. The maximum absolute atomic E-state index is 13.8. The first kappa shape index (κ1) is 28.8. The number of sulfonamides is 1. The molecule has 0 atom stereocenters. The van der Waals surface area contributed by atoms with Gasteiger partial charge in [0.1, 0.15) is 0 Å². The highest BCUT2D eigenvalue weighted by Crippen LogP contribution is 2.32. The van der Waals surface area contributed by atoms with E-state index in [1.54, 1.807) is 17.0 Å². The number of carbonyl (C=O) groups excluding carboxylic acids is 1. The fraction of sp³-hybridized carbons (Fsp3) is 0.310. The molecule has 0 aliphatic carbocycles. The van der Waals surface area contributed by atoms with Gasteiger partial charge in [0.25, 0.3) is 5.91 Å². The number of methoxy groups -OCH3 is 2. The van der Waals surface area contributed by atoms with Crippen LogP contribution >= 0.6 is 11.3 Å². The Morgan fingerprint density at radius 1 is 0.897 bits per heavy atom. The van der Waals surface area contributed by atoms with Gasteiger partial charge in [-0.05, 0) is 53.9 Å². The third kappa shape index (κ3) is 6.90. The summed E-state index contributed by atoms with van der Waals surface area (Å²) in [6, 6.07) is 21.9. The number of ether oxygens (including phenoxy) is 2. The van der Waals surface area contributed by atoms with Crippen molar-refractivity contribution >= 4 is 42.6 Å². The van der Waals surface area contributed by atoms with Crippen molar-refractivity contribution in [3.63, 3.8) is 0 Å². The summed E-state index contributed by atoms with van der Waals surface area (Å²) in [5.41, 5.74) is 3.39. The quantitative estimate of drug-likeness (QED) is 0.226. The minimum Gasteiger partial charge on any atom is -0.383 e. The second-order valence-corrected chi connectivity index (χ2v) is 11.9. The predicted octanol–water partition coefficient (Wildman–Crippen LogP) is 4.99. The summed E-state index contributed by atoms with van der Waals surface area (Å²) in [5.74, 6) is -0.256. The largest absolute Gasteiger partial charge is 0.383 e. The van der Waals surface area contributed by atoms with Crippen LogP contribution in [0.15, 0.2) is 77.7 Å². The summed E-state index contributed by atoms with van der Waals surface area (Å²) < 4.78 is 39.1. The van der Waals surface area contributed by atoms with Gasteiger partial charge in [-0.2, -0.15) is 4.31 Å². The predicted molar refractivity (Wildman–Crippen MR) is 155 cm³/mol. The van der Waals surface area contributed by atoms with Gasteiger partial charge in [-0.1, -0.05) is 54.7 Å². The SMILES string of the molecule is CCc1ccc2nc(N(Cc3ccccc3)C(=O)c3ccc(S(=O)(=O)N(CCOC)CCOC)cc3)sc2c1. The number of hydrogen-bond acceptors (Lipinski definition) is 7. The smallest absolute Gasteiger partial charge is 0.260 e. The van der Waals surface area contributed by atoms with E-state index in [-0.39, 0.29) is 37.1 Å². The molecule has 4 rings (SSSR count). The average Bonchev–Trinajstić information content (AvgIpc) is 3.39. The molecule has 1 amide bonds. The number of benzene rings is 3. The van der Waals surface area contributed by atoms with Crippen LogP contribution in [0, 0.1) is 0 Å². The fourth-order valence-electron chi connectivity index (χ4n) is 4.10. The normalized spacial score (nSPS) is 11.8. The molecule has 0 saturated heterocycles. The summed E-state index contributed by atoms with van der Waals surface area (Å²) >= 11 is 1.47. The lowest BCUT2D eigenvalue weighted by atomic mass is 10.1. The van der Waals surface area contributed by atoms with Crippen LogP contribution in [0.4, 0.5) is 5.13 Å². The van der Waals surface area contributed by atoms with Crippen molar-refractivity contribution in [2.45, 2.75) is 24.8 Å². The van der Waals surface area contributed by atoms with E-state index in [2.05, 4.69) is 19.1 Å². The van der Waals surface area contributed by atoms with E-state index < -0.39 is 10.0 Å². The first-order chi connectivity index (χ1) is 18.9. The van der Waals surface area contributed by atoms with Gasteiger partial charge in [0.05, 0.1) is 34.9 Å². The number of anilines is 1. The molecule has 0 aliphatic heterocycles. The van der Waals surface area contributed by atoms with Crippen molar-refractivity contribution in [2.75, 3.05) is 45.4 Å². The van der Waals surface area contributed by atoms with Gasteiger partial charge in [0, 0.05) is 32.9 Å². The van der Waals surface area contributed by atoms with Gasteiger partial charge >= 0.3 is 0 Å². The molecule has 0 bridgehead atoms. The van der Waals surface area contributed by atoms with Crippen LogP contribution < -0.4 is 4.90 Å². The summed E-state index contributed by atoms with van der Waals surface area (Å²) in [5, 5.41) is 0.592. The topological polar surface area (TPSA) is 89.0 Å². The van der Waals surface area contributed by atoms with Crippen LogP contribution in [0.2, 0.25) is 0 Å². The summed E-state index contributed by atoms with van der Waals surface area (Å²) in [6.45, 7) is 3.36. The zero-order valence-corrected chi connectivity index (χ0v) is 24.0. The van der Waals surface area contributed by atoms with Crippen LogP contribution in [0.3, 0.4) is 0 Å². The number of rotatable bonds is 13. The zero-order chi connectivity index (χ0) is 27.8. The number of amides is 1. The van der Waals surface area contributed by atoms with Crippen molar-refractivity contribution in [1.82, 2.24) is 9.29 Å². The van der Waals surface area contributed by atoms with Crippen LogP contribution in [0.25, 0.3) is 10.2 Å². The highest BCUT2D eigenvalue weighted by Gasteiger charge is 2.26. The highest BCUT2D eigenvalue weighted by molar-refractivity contribution is 7.89. The van der Waals surface area contributed by atoms with Crippen LogP contribution in [0.1, 0.15) is 28.4 Å². The number of thiazole rings is 1. The maximum Gasteiger partial charge on any atom is 0.260 e. The molecule has 3 aromatic carbocycles. The van der Waals surface area contributed by atoms with Gasteiger partial charge in [-0.15, -0.1) is 0 Å². The van der Waals surface area contributed by atoms with Crippen LogP contribution in [-0.4, -0.2) is 64.1 Å². The average molecular weight is 568 g/mol. The summed E-state index contributed by atoms with van der Waals surface area (Å²) in [6.07, 6.45) is 0.916. The molecular weight excluding hydrogens is 534 g/mol. The lowest BCUT2D eigenvalue weighted by molar-refractivity contribution is 0.0985. The number of nitrogens with zero attached hydrogens (tertiary/aromatic N) is 3. The molecule has 0 radical (unpaired) electrons. The minimum atomic E-state index is -3.79. The van der Waals surface area contributed by atoms with Crippen molar-refractivity contribution in [2.24, 2.45) is 0 Å². The molecule has 0 N–H and O–H groups in total. The number of aryl methyl sites for hydroxylation is 1. The molecule has 8 nitrogen and oxygen atoms in total. The van der Waals surface area contributed by atoms with E-state index >= 15 is 0 Å². The molecule has 0 unspecified atom stereocenters. The molecule has 0 fully saturated rings. The third-order valence-corrected chi connectivity index (χ3v) is 9.29. The lowest BCUT2D eigenvalue weighted by Gasteiger charge is -2.22.